The van der Waals surface area contributed by atoms with E-state index in [0.717, 1.165) is 0 Å². The second-order valence-electron chi connectivity index (χ2n) is 5.15. The third-order valence-corrected chi connectivity index (χ3v) is 4.83. The smallest absolute Gasteiger partial charge is 0.262 e. The molecule has 0 spiro atoms. The lowest BCUT2D eigenvalue weighted by atomic mass is 10.3. The Morgan fingerprint density at radius 1 is 0.846 bits per heavy atom. The maximum atomic E-state index is 12.8. The molecule has 0 aromatic heterocycles. The average Bonchev–Trinajstić information content (AvgIpc) is 2.63. The van der Waals surface area contributed by atoms with Crippen molar-refractivity contribution in [3.8, 4) is 23.0 Å². The molecule has 0 fully saturated rings. The summed E-state index contributed by atoms with van der Waals surface area (Å²) in [7, 11) is -0.936. The highest BCUT2D eigenvalue weighted by Crippen LogP contribution is 2.33. The Bertz CT molecular complexity index is 851. The van der Waals surface area contributed by atoms with Crippen LogP contribution in [-0.4, -0.2) is 35.9 Å². The van der Waals surface area contributed by atoms with Gasteiger partial charge in [-0.2, -0.15) is 0 Å². The fourth-order valence-corrected chi connectivity index (χ4v) is 3.39. The highest BCUT2D eigenvalue weighted by atomic mass is 32.2. The zero-order valence-corrected chi connectivity index (χ0v) is 16.1. The van der Waals surface area contributed by atoms with Crippen LogP contribution in [0.4, 0.5) is 5.69 Å². The lowest BCUT2D eigenvalue weighted by molar-refractivity contribution is 0.332. The summed E-state index contributed by atoms with van der Waals surface area (Å²) in [6.45, 7) is 4.54. The zero-order chi connectivity index (χ0) is 19.2. The normalized spacial score (nSPS) is 10.9. The molecule has 0 aliphatic carbocycles. The molecule has 0 bridgehead atoms. The quantitative estimate of drug-likeness (QED) is 0.718. The summed E-state index contributed by atoms with van der Waals surface area (Å²) >= 11 is 0. The van der Waals surface area contributed by atoms with E-state index in [9.17, 15) is 8.42 Å². The summed E-state index contributed by atoms with van der Waals surface area (Å²) in [5, 5.41) is 0. The molecule has 8 heteroatoms. The molecule has 1 N–H and O–H groups in total. The van der Waals surface area contributed by atoms with E-state index < -0.39 is 10.0 Å². The Labute approximate surface area is 153 Å². The molecular formula is C18H23NO6S. The SMILES string of the molecule is CCOc1ccc(OCC)c(NS(=O)(=O)c2ccc(OC)c(OC)c2)c1. The van der Waals surface area contributed by atoms with E-state index in [4.69, 9.17) is 18.9 Å². The Balaban J connectivity index is 2.40. The molecule has 0 amide bonds. The molecule has 0 saturated heterocycles. The van der Waals surface area contributed by atoms with Gasteiger partial charge in [-0.3, -0.25) is 4.72 Å². The largest absolute Gasteiger partial charge is 0.494 e. The summed E-state index contributed by atoms with van der Waals surface area (Å²) in [6.07, 6.45) is 0. The second kappa shape index (κ2) is 8.66. The molecule has 0 unspecified atom stereocenters. The van der Waals surface area contributed by atoms with E-state index in [-0.39, 0.29) is 4.90 Å². The van der Waals surface area contributed by atoms with Crippen molar-refractivity contribution in [2.24, 2.45) is 0 Å². The number of methoxy groups -OCH3 is 2. The van der Waals surface area contributed by atoms with Crippen molar-refractivity contribution < 1.29 is 27.4 Å². The van der Waals surface area contributed by atoms with Crippen molar-refractivity contribution >= 4 is 15.7 Å². The summed E-state index contributed by atoms with van der Waals surface area (Å²) in [5.41, 5.74) is 0.299. The van der Waals surface area contributed by atoms with Crippen LogP contribution in [0.5, 0.6) is 23.0 Å². The number of hydrogen-bond donors (Lipinski definition) is 1. The third kappa shape index (κ3) is 4.51. The van der Waals surface area contributed by atoms with Gasteiger partial charge in [0.25, 0.3) is 10.0 Å². The minimum absolute atomic E-state index is 0.0411. The van der Waals surface area contributed by atoms with Gasteiger partial charge in [-0.05, 0) is 38.1 Å². The van der Waals surface area contributed by atoms with Gasteiger partial charge in [-0.25, -0.2) is 8.42 Å². The van der Waals surface area contributed by atoms with Crippen molar-refractivity contribution in [3.63, 3.8) is 0 Å². The molecule has 0 saturated carbocycles. The zero-order valence-electron chi connectivity index (χ0n) is 15.2. The van der Waals surface area contributed by atoms with Crippen LogP contribution in [0.15, 0.2) is 41.3 Å². The first-order valence-electron chi connectivity index (χ1n) is 8.09. The van der Waals surface area contributed by atoms with E-state index in [1.165, 1.54) is 32.4 Å². The standard InChI is InChI=1S/C18H23NO6S/c1-5-24-13-7-9-16(25-6-2)15(11-13)19-26(20,21)14-8-10-17(22-3)18(12-14)23-4/h7-12,19H,5-6H2,1-4H3. The molecule has 2 rings (SSSR count). The van der Waals surface area contributed by atoms with Crippen molar-refractivity contribution in [3.05, 3.63) is 36.4 Å². The van der Waals surface area contributed by atoms with Crippen molar-refractivity contribution in [2.45, 2.75) is 18.7 Å². The van der Waals surface area contributed by atoms with Gasteiger partial charge in [0, 0.05) is 12.1 Å². The summed E-state index contributed by atoms with van der Waals surface area (Å²) in [5.74, 6) is 1.73. The topological polar surface area (TPSA) is 83.1 Å². The van der Waals surface area contributed by atoms with E-state index in [0.29, 0.717) is 41.9 Å². The van der Waals surface area contributed by atoms with E-state index in [2.05, 4.69) is 4.72 Å². The first-order chi connectivity index (χ1) is 12.4. The fraction of sp³-hybridized carbons (Fsp3) is 0.333. The minimum Gasteiger partial charge on any atom is -0.494 e. The molecule has 142 valence electrons. The first-order valence-corrected chi connectivity index (χ1v) is 9.58. The van der Waals surface area contributed by atoms with Crippen LogP contribution < -0.4 is 23.7 Å². The van der Waals surface area contributed by atoms with Gasteiger partial charge in [0.2, 0.25) is 0 Å². The van der Waals surface area contributed by atoms with Gasteiger partial charge in [0.05, 0.1) is 38.0 Å². The van der Waals surface area contributed by atoms with E-state index in [1.807, 2.05) is 13.8 Å². The number of rotatable bonds is 9. The van der Waals surface area contributed by atoms with Gasteiger partial charge in [0.1, 0.15) is 11.5 Å². The molecule has 26 heavy (non-hydrogen) atoms. The van der Waals surface area contributed by atoms with Gasteiger partial charge >= 0.3 is 0 Å². The maximum absolute atomic E-state index is 12.8. The number of sulfonamides is 1. The van der Waals surface area contributed by atoms with Crippen molar-refractivity contribution in [2.75, 3.05) is 32.2 Å². The minimum atomic E-state index is -3.86. The number of hydrogen-bond acceptors (Lipinski definition) is 6. The highest BCUT2D eigenvalue weighted by Gasteiger charge is 2.19. The molecule has 2 aromatic rings. The Morgan fingerprint density at radius 3 is 2.12 bits per heavy atom. The van der Waals surface area contributed by atoms with Crippen LogP contribution >= 0.6 is 0 Å². The Hall–Kier alpha value is -2.61. The molecular weight excluding hydrogens is 358 g/mol. The predicted octanol–water partition coefficient (Wildman–Crippen LogP) is 3.30. The van der Waals surface area contributed by atoms with E-state index >= 15 is 0 Å². The summed E-state index contributed by atoms with van der Waals surface area (Å²) in [4.78, 5) is 0.0411. The van der Waals surface area contributed by atoms with Crippen LogP contribution in [0.25, 0.3) is 0 Å². The lowest BCUT2D eigenvalue weighted by Gasteiger charge is -2.15. The Morgan fingerprint density at radius 2 is 1.50 bits per heavy atom. The Kier molecular flexibility index (Phi) is 6.57. The molecule has 0 radical (unpaired) electrons. The third-order valence-electron chi connectivity index (χ3n) is 3.47. The van der Waals surface area contributed by atoms with Crippen LogP contribution in [0.3, 0.4) is 0 Å². The number of benzene rings is 2. The highest BCUT2D eigenvalue weighted by molar-refractivity contribution is 7.92. The first kappa shape index (κ1) is 19.7. The number of ether oxygens (including phenoxy) is 4. The van der Waals surface area contributed by atoms with Crippen LogP contribution in [0.1, 0.15) is 13.8 Å². The van der Waals surface area contributed by atoms with Crippen molar-refractivity contribution in [1.82, 2.24) is 0 Å². The number of anilines is 1. The van der Waals surface area contributed by atoms with Gasteiger partial charge in [0.15, 0.2) is 11.5 Å². The van der Waals surface area contributed by atoms with Gasteiger partial charge in [-0.15, -0.1) is 0 Å². The molecule has 0 heterocycles. The van der Waals surface area contributed by atoms with Gasteiger partial charge < -0.3 is 18.9 Å². The summed E-state index contributed by atoms with van der Waals surface area (Å²) in [6, 6.07) is 9.36. The molecule has 0 atom stereocenters. The molecule has 7 nitrogen and oxygen atoms in total. The average molecular weight is 381 g/mol. The van der Waals surface area contributed by atoms with Crippen LogP contribution in [0.2, 0.25) is 0 Å². The maximum Gasteiger partial charge on any atom is 0.262 e. The predicted molar refractivity (Wildman–Crippen MR) is 99.1 cm³/mol. The van der Waals surface area contributed by atoms with Crippen LogP contribution in [-0.2, 0) is 10.0 Å². The molecule has 0 aliphatic rings. The molecule has 2 aromatic carbocycles. The van der Waals surface area contributed by atoms with Crippen molar-refractivity contribution in [1.29, 1.82) is 0 Å². The molecule has 0 aliphatic heterocycles. The fourth-order valence-electron chi connectivity index (χ4n) is 2.31. The second-order valence-corrected chi connectivity index (χ2v) is 6.83. The lowest BCUT2D eigenvalue weighted by Crippen LogP contribution is -2.14. The monoisotopic (exact) mass is 381 g/mol. The number of nitrogens with one attached hydrogen (secondary N) is 1. The summed E-state index contributed by atoms with van der Waals surface area (Å²) < 4.78 is 49.4. The van der Waals surface area contributed by atoms with E-state index in [1.54, 1.807) is 18.2 Å². The van der Waals surface area contributed by atoms with Crippen LogP contribution in [0, 0.1) is 0 Å². The van der Waals surface area contributed by atoms with Gasteiger partial charge in [-0.1, -0.05) is 0 Å².